The summed E-state index contributed by atoms with van der Waals surface area (Å²) in [5, 5.41) is 8.76. The number of aryl methyl sites for hydroxylation is 2. The second-order valence-electron chi connectivity index (χ2n) is 5.05. The van der Waals surface area contributed by atoms with Crippen molar-refractivity contribution in [1.82, 2.24) is 4.72 Å². The lowest BCUT2D eigenvalue weighted by molar-refractivity contribution is -0.138. The van der Waals surface area contributed by atoms with Gasteiger partial charge >= 0.3 is 5.97 Å². The Bertz CT molecular complexity index is 561. The van der Waals surface area contributed by atoms with Gasteiger partial charge in [-0.3, -0.25) is 4.79 Å². The third-order valence-electron chi connectivity index (χ3n) is 3.11. The van der Waals surface area contributed by atoms with E-state index in [9.17, 15) is 13.2 Å². The van der Waals surface area contributed by atoms with Crippen molar-refractivity contribution < 1.29 is 18.3 Å². The molecule has 0 aromatic heterocycles. The third kappa shape index (κ3) is 4.94. The van der Waals surface area contributed by atoms with Gasteiger partial charge in [0, 0.05) is 13.0 Å². The van der Waals surface area contributed by atoms with Crippen LogP contribution in [0, 0.1) is 19.8 Å². The number of nitrogens with one attached hydrogen (secondary N) is 1. The van der Waals surface area contributed by atoms with Gasteiger partial charge in [-0.25, -0.2) is 13.1 Å². The first kappa shape index (κ1) is 16.7. The summed E-state index contributed by atoms with van der Waals surface area (Å²) in [6.07, 6.45) is 0.577. The Morgan fingerprint density at radius 3 is 2.25 bits per heavy atom. The Morgan fingerprint density at radius 2 is 1.80 bits per heavy atom. The van der Waals surface area contributed by atoms with Crippen LogP contribution in [0.5, 0.6) is 0 Å². The van der Waals surface area contributed by atoms with Crippen molar-refractivity contribution in [3.05, 3.63) is 29.3 Å². The molecule has 0 saturated carbocycles. The van der Waals surface area contributed by atoms with Gasteiger partial charge in [0.05, 0.1) is 4.90 Å². The van der Waals surface area contributed by atoms with E-state index in [2.05, 4.69) is 4.72 Å². The van der Waals surface area contributed by atoms with Crippen LogP contribution in [0.25, 0.3) is 0 Å². The quantitative estimate of drug-likeness (QED) is 0.807. The fourth-order valence-electron chi connectivity index (χ4n) is 2.01. The molecule has 0 aliphatic rings. The molecule has 1 atom stereocenters. The Kier molecular flexibility index (Phi) is 5.71. The zero-order valence-corrected chi connectivity index (χ0v) is 12.8. The molecule has 0 aliphatic heterocycles. The number of benzene rings is 1. The maximum absolute atomic E-state index is 12.2. The van der Waals surface area contributed by atoms with Gasteiger partial charge in [0.2, 0.25) is 10.0 Å². The number of aliphatic carboxylic acids is 1. The fraction of sp³-hybridized carbons (Fsp3) is 0.500. The minimum Gasteiger partial charge on any atom is -0.481 e. The Balaban J connectivity index is 2.81. The fourth-order valence-corrected chi connectivity index (χ4v) is 3.31. The summed E-state index contributed by atoms with van der Waals surface area (Å²) in [4.78, 5) is 10.9. The van der Waals surface area contributed by atoms with Gasteiger partial charge in [0.25, 0.3) is 0 Å². The number of hydrogen-bond donors (Lipinski definition) is 2. The van der Waals surface area contributed by atoms with E-state index < -0.39 is 16.0 Å². The molecule has 20 heavy (non-hydrogen) atoms. The molecule has 1 aromatic rings. The molecule has 0 aliphatic carbocycles. The molecule has 0 bridgehead atoms. The number of rotatable bonds is 7. The third-order valence-corrected chi connectivity index (χ3v) is 4.51. The molecule has 0 spiro atoms. The highest BCUT2D eigenvalue weighted by molar-refractivity contribution is 7.89. The van der Waals surface area contributed by atoms with Crippen molar-refractivity contribution in [3.63, 3.8) is 0 Å². The molecule has 0 fully saturated rings. The van der Waals surface area contributed by atoms with Crippen LogP contribution in [0.2, 0.25) is 0 Å². The Morgan fingerprint density at radius 1 is 1.25 bits per heavy atom. The monoisotopic (exact) mass is 299 g/mol. The first-order valence-electron chi connectivity index (χ1n) is 6.54. The van der Waals surface area contributed by atoms with E-state index in [1.165, 1.54) is 0 Å². The van der Waals surface area contributed by atoms with Crippen molar-refractivity contribution in [2.24, 2.45) is 5.92 Å². The highest BCUT2D eigenvalue weighted by Gasteiger charge is 2.18. The van der Waals surface area contributed by atoms with Gasteiger partial charge in [-0.1, -0.05) is 19.4 Å². The molecule has 0 radical (unpaired) electrons. The minimum absolute atomic E-state index is 0.0358. The van der Waals surface area contributed by atoms with Gasteiger partial charge < -0.3 is 5.11 Å². The molecule has 112 valence electrons. The first-order chi connectivity index (χ1) is 9.24. The van der Waals surface area contributed by atoms with Crippen molar-refractivity contribution >= 4 is 16.0 Å². The standard InChI is InChI=1S/C14H21NO4S/c1-4-12(8-14(16)17)9-15-20(18,19)13-6-10(2)5-11(3)7-13/h5-7,12,15H,4,8-9H2,1-3H3,(H,16,17). The van der Waals surface area contributed by atoms with Gasteiger partial charge in [-0.05, 0) is 43.0 Å². The molecule has 2 N–H and O–H groups in total. The number of carboxylic acids is 1. The van der Waals surface area contributed by atoms with Crippen LogP contribution < -0.4 is 4.72 Å². The van der Waals surface area contributed by atoms with Gasteiger partial charge in [0.15, 0.2) is 0 Å². The number of sulfonamides is 1. The summed E-state index contributed by atoms with van der Waals surface area (Å²) in [6, 6.07) is 5.11. The summed E-state index contributed by atoms with van der Waals surface area (Å²) < 4.78 is 26.9. The lowest BCUT2D eigenvalue weighted by Gasteiger charge is -2.14. The number of hydrogen-bond acceptors (Lipinski definition) is 3. The predicted molar refractivity (Wildman–Crippen MR) is 77.1 cm³/mol. The smallest absolute Gasteiger partial charge is 0.303 e. The molecule has 0 saturated heterocycles. The van der Waals surface area contributed by atoms with Crippen LogP contribution in [0.4, 0.5) is 0 Å². The normalized spacial score (nSPS) is 13.2. The van der Waals surface area contributed by atoms with Crippen LogP contribution >= 0.6 is 0 Å². The molecular formula is C14H21NO4S. The summed E-state index contributed by atoms with van der Waals surface area (Å²) in [7, 11) is -3.59. The van der Waals surface area contributed by atoms with Crippen LogP contribution in [0.15, 0.2) is 23.1 Å². The second kappa shape index (κ2) is 6.85. The van der Waals surface area contributed by atoms with E-state index in [4.69, 9.17) is 5.11 Å². The van der Waals surface area contributed by atoms with Crippen LogP contribution in [-0.4, -0.2) is 26.0 Å². The van der Waals surface area contributed by atoms with E-state index in [-0.39, 0.29) is 23.8 Å². The van der Waals surface area contributed by atoms with Crippen molar-refractivity contribution in [2.75, 3.05) is 6.54 Å². The van der Waals surface area contributed by atoms with Gasteiger partial charge in [-0.2, -0.15) is 0 Å². The van der Waals surface area contributed by atoms with Crippen LogP contribution in [0.1, 0.15) is 30.9 Å². The summed E-state index contributed by atoms with van der Waals surface area (Å²) in [5.41, 5.74) is 1.76. The average Bonchev–Trinajstić information content (AvgIpc) is 2.32. The topological polar surface area (TPSA) is 83.5 Å². The second-order valence-corrected chi connectivity index (χ2v) is 6.81. The summed E-state index contributed by atoms with van der Waals surface area (Å²) in [5.74, 6) is -1.12. The largest absolute Gasteiger partial charge is 0.481 e. The van der Waals surface area contributed by atoms with Crippen molar-refractivity contribution in [3.8, 4) is 0 Å². The van der Waals surface area contributed by atoms with Crippen LogP contribution in [0.3, 0.4) is 0 Å². The number of carboxylic acid groups (broad SMARTS) is 1. The average molecular weight is 299 g/mol. The highest BCUT2D eigenvalue weighted by Crippen LogP contribution is 2.15. The highest BCUT2D eigenvalue weighted by atomic mass is 32.2. The molecule has 1 aromatic carbocycles. The summed E-state index contributed by atoms with van der Waals surface area (Å²) in [6.45, 7) is 5.66. The number of carbonyl (C=O) groups is 1. The molecule has 1 unspecified atom stereocenters. The maximum Gasteiger partial charge on any atom is 0.303 e. The van der Waals surface area contributed by atoms with Gasteiger partial charge in [0.1, 0.15) is 0 Å². The summed E-state index contributed by atoms with van der Waals surface area (Å²) >= 11 is 0. The van der Waals surface area contributed by atoms with E-state index in [1.807, 2.05) is 26.8 Å². The zero-order valence-electron chi connectivity index (χ0n) is 12.0. The van der Waals surface area contributed by atoms with Gasteiger partial charge in [-0.15, -0.1) is 0 Å². The Hall–Kier alpha value is -1.40. The molecule has 6 heteroatoms. The SMILES string of the molecule is CCC(CNS(=O)(=O)c1cc(C)cc(C)c1)CC(=O)O. The first-order valence-corrected chi connectivity index (χ1v) is 8.02. The molecule has 0 heterocycles. The molecule has 5 nitrogen and oxygen atoms in total. The van der Waals surface area contributed by atoms with Crippen molar-refractivity contribution in [1.29, 1.82) is 0 Å². The molecule has 0 amide bonds. The Labute approximate surface area is 120 Å². The lowest BCUT2D eigenvalue weighted by atomic mass is 10.0. The maximum atomic E-state index is 12.2. The van der Waals surface area contributed by atoms with Crippen molar-refractivity contribution in [2.45, 2.75) is 38.5 Å². The van der Waals surface area contributed by atoms with Crippen LogP contribution in [-0.2, 0) is 14.8 Å². The van der Waals surface area contributed by atoms with E-state index in [1.54, 1.807) is 12.1 Å². The molecule has 1 rings (SSSR count). The lowest BCUT2D eigenvalue weighted by Crippen LogP contribution is -2.30. The van der Waals surface area contributed by atoms with E-state index >= 15 is 0 Å². The zero-order chi connectivity index (χ0) is 15.3. The van der Waals surface area contributed by atoms with E-state index in [0.29, 0.717) is 6.42 Å². The van der Waals surface area contributed by atoms with E-state index in [0.717, 1.165) is 11.1 Å². The predicted octanol–water partition coefficient (Wildman–Crippen LogP) is 2.08. The minimum atomic E-state index is -3.59. The molecular weight excluding hydrogens is 278 g/mol.